The van der Waals surface area contributed by atoms with Gasteiger partial charge in [0, 0.05) is 44.0 Å². The molecule has 1 aliphatic rings. The van der Waals surface area contributed by atoms with Gasteiger partial charge in [0.15, 0.2) is 0 Å². The van der Waals surface area contributed by atoms with Crippen molar-refractivity contribution in [1.82, 2.24) is 9.80 Å². The molecule has 10 nitrogen and oxygen atoms in total. The second-order valence-corrected chi connectivity index (χ2v) is 12.0. The van der Waals surface area contributed by atoms with Crippen molar-refractivity contribution in [1.29, 1.82) is 0 Å². The monoisotopic (exact) mass is 619 g/mol. The first kappa shape index (κ1) is 33.4. The Kier molecular flexibility index (Phi) is 11.5. The number of benzene rings is 3. The van der Waals surface area contributed by atoms with Gasteiger partial charge in [0.05, 0.1) is 24.6 Å². The summed E-state index contributed by atoms with van der Waals surface area (Å²) in [5, 5.41) is 8.35. The Morgan fingerprint density at radius 2 is 1.60 bits per heavy atom. The van der Waals surface area contributed by atoms with E-state index in [9.17, 15) is 18.8 Å². The van der Waals surface area contributed by atoms with Gasteiger partial charge in [-0.15, -0.1) is 0 Å². The zero-order valence-electron chi connectivity index (χ0n) is 26.3. The minimum Gasteiger partial charge on any atom is -0.444 e. The van der Waals surface area contributed by atoms with Crippen LogP contribution in [0.1, 0.15) is 48.7 Å². The summed E-state index contributed by atoms with van der Waals surface area (Å²) in [5.74, 6) is -0.775. The first-order valence-corrected chi connectivity index (χ1v) is 15.1. The maximum Gasteiger partial charge on any atom is 0.412 e. The molecule has 0 radical (unpaired) electrons. The van der Waals surface area contributed by atoms with Crippen LogP contribution in [0.15, 0.2) is 66.7 Å². The SMILES string of the molecule is Cc1cc(F)cc(NC(=O)N(CCCN2CCOCC2)Cc2ccc(C(=O)Nc3ccccc3NC(=O)OC(C)(C)C)cc2)c1. The molecule has 1 fully saturated rings. The third-order valence-corrected chi connectivity index (χ3v) is 6.99. The molecule has 1 heterocycles. The van der Waals surface area contributed by atoms with Gasteiger partial charge in [-0.3, -0.25) is 15.0 Å². The fraction of sp³-hybridized carbons (Fsp3) is 0.382. The van der Waals surface area contributed by atoms with Gasteiger partial charge in [-0.25, -0.2) is 14.0 Å². The highest BCUT2D eigenvalue weighted by atomic mass is 19.1. The lowest BCUT2D eigenvalue weighted by Crippen LogP contribution is -2.40. The van der Waals surface area contributed by atoms with Crippen LogP contribution < -0.4 is 16.0 Å². The Balaban J connectivity index is 1.41. The summed E-state index contributed by atoms with van der Waals surface area (Å²) in [6.45, 7) is 11.8. The Hall–Kier alpha value is -4.48. The normalized spacial score (nSPS) is 13.5. The fourth-order valence-corrected chi connectivity index (χ4v) is 4.86. The van der Waals surface area contributed by atoms with Crippen LogP contribution in [0.2, 0.25) is 0 Å². The number of ether oxygens (including phenoxy) is 2. The summed E-state index contributed by atoms with van der Waals surface area (Å²) >= 11 is 0. The van der Waals surface area contributed by atoms with Gasteiger partial charge in [0.2, 0.25) is 0 Å². The molecule has 3 aromatic rings. The molecule has 0 aromatic heterocycles. The van der Waals surface area contributed by atoms with E-state index in [2.05, 4.69) is 20.9 Å². The van der Waals surface area contributed by atoms with E-state index in [0.717, 1.165) is 31.6 Å². The summed E-state index contributed by atoms with van der Waals surface area (Å²) in [7, 11) is 0. The molecule has 0 saturated carbocycles. The van der Waals surface area contributed by atoms with Crippen LogP contribution in [0.4, 0.5) is 31.0 Å². The third kappa shape index (κ3) is 10.9. The van der Waals surface area contributed by atoms with E-state index < -0.39 is 17.5 Å². The highest BCUT2D eigenvalue weighted by Crippen LogP contribution is 2.23. The molecule has 0 spiro atoms. The minimum absolute atomic E-state index is 0.299. The maximum absolute atomic E-state index is 14.0. The second kappa shape index (κ2) is 15.5. The van der Waals surface area contributed by atoms with Gasteiger partial charge >= 0.3 is 12.1 Å². The maximum atomic E-state index is 14.0. The van der Waals surface area contributed by atoms with Crippen LogP contribution >= 0.6 is 0 Å². The zero-order chi connectivity index (χ0) is 32.4. The molecule has 0 atom stereocenters. The molecule has 0 bridgehead atoms. The number of anilines is 3. The van der Waals surface area contributed by atoms with E-state index in [-0.39, 0.29) is 11.9 Å². The summed E-state index contributed by atoms with van der Waals surface area (Å²) in [5.41, 5.74) is 2.50. The standard InChI is InChI=1S/C34H42FN5O5/c1-24-20-27(35)22-28(21-24)36-32(42)40(15-7-14-39-16-18-44-19-17-39)23-25-10-12-26(13-11-25)31(41)37-29-8-5-6-9-30(29)38-33(43)45-34(2,3)4/h5-6,8-13,20-22H,7,14-19,23H2,1-4H3,(H,36,42)(H,37,41)(H,38,43). The lowest BCUT2D eigenvalue weighted by Gasteiger charge is -2.28. The number of amides is 4. The molecule has 3 aromatic carbocycles. The Morgan fingerprint density at radius 3 is 2.24 bits per heavy atom. The minimum atomic E-state index is -0.665. The van der Waals surface area contributed by atoms with Gasteiger partial charge in [-0.2, -0.15) is 0 Å². The van der Waals surface area contributed by atoms with Crippen LogP contribution in [0.5, 0.6) is 0 Å². The number of nitrogens with zero attached hydrogens (tertiary/aromatic N) is 2. The third-order valence-electron chi connectivity index (χ3n) is 6.99. The number of hydrogen-bond acceptors (Lipinski definition) is 6. The van der Waals surface area contributed by atoms with Gasteiger partial charge in [-0.05, 0) is 87.7 Å². The number of para-hydroxylation sites is 2. The molecular formula is C34H42FN5O5. The molecule has 3 N–H and O–H groups in total. The molecule has 11 heteroatoms. The predicted octanol–water partition coefficient (Wildman–Crippen LogP) is 6.49. The lowest BCUT2D eigenvalue weighted by molar-refractivity contribution is 0.0365. The summed E-state index contributed by atoms with van der Waals surface area (Å²) in [6.07, 6.45) is 0.131. The number of halogens is 1. The number of aryl methyl sites for hydroxylation is 1. The van der Waals surface area contributed by atoms with Crippen molar-refractivity contribution >= 4 is 35.1 Å². The lowest BCUT2D eigenvalue weighted by atomic mass is 10.1. The predicted molar refractivity (Wildman–Crippen MR) is 173 cm³/mol. The van der Waals surface area contributed by atoms with Crippen LogP contribution in [0.3, 0.4) is 0 Å². The summed E-state index contributed by atoms with van der Waals surface area (Å²) in [6, 6.07) is 17.9. The molecule has 0 aliphatic carbocycles. The molecule has 45 heavy (non-hydrogen) atoms. The molecule has 0 unspecified atom stereocenters. The first-order valence-electron chi connectivity index (χ1n) is 15.1. The highest BCUT2D eigenvalue weighted by Gasteiger charge is 2.19. The molecule has 4 amide bonds. The highest BCUT2D eigenvalue weighted by molar-refractivity contribution is 6.06. The van der Waals surface area contributed by atoms with Crippen molar-refractivity contribution < 1.29 is 28.2 Å². The molecule has 240 valence electrons. The van der Waals surface area contributed by atoms with E-state index in [1.807, 2.05) is 0 Å². The number of carbonyl (C=O) groups excluding carboxylic acids is 3. The van der Waals surface area contributed by atoms with Gasteiger partial charge in [-0.1, -0.05) is 24.3 Å². The average Bonchev–Trinajstić information content (AvgIpc) is 2.97. The summed E-state index contributed by atoms with van der Waals surface area (Å²) < 4.78 is 24.7. The largest absolute Gasteiger partial charge is 0.444 e. The number of rotatable bonds is 10. The second-order valence-electron chi connectivity index (χ2n) is 12.0. The van der Waals surface area contributed by atoms with E-state index in [4.69, 9.17) is 9.47 Å². The topological polar surface area (TPSA) is 112 Å². The first-order chi connectivity index (χ1) is 21.4. The fourth-order valence-electron chi connectivity index (χ4n) is 4.86. The van der Waals surface area contributed by atoms with Crippen molar-refractivity contribution in [3.05, 3.63) is 89.2 Å². The number of hydrogen-bond donors (Lipinski definition) is 3. The quantitative estimate of drug-likeness (QED) is 0.239. The molecule has 1 aliphatic heterocycles. The zero-order valence-corrected chi connectivity index (χ0v) is 26.3. The van der Waals surface area contributed by atoms with Gasteiger partial charge < -0.3 is 25.0 Å². The number of morpholine rings is 1. The molecule has 4 rings (SSSR count). The Morgan fingerprint density at radius 1 is 0.933 bits per heavy atom. The van der Waals surface area contributed by atoms with E-state index in [1.165, 1.54) is 12.1 Å². The number of carbonyl (C=O) groups is 3. The van der Waals surface area contributed by atoms with Crippen molar-refractivity contribution in [3.63, 3.8) is 0 Å². The summed E-state index contributed by atoms with van der Waals surface area (Å²) in [4.78, 5) is 42.7. The van der Waals surface area contributed by atoms with E-state index >= 15 is 0 Å². The number of nitrogens with one attached hydrogen (secondary N) is 3. The van der Waals surface area contributed by atoms with Crippen molar-refractivity contribution in [2.24, 2.45) is 0 Å². The van der Waals surface area contributed by atoms with Crippen molar-refractivity contribution in [3.8, 4) is 0 Å². The van der Waals surface area contributed by atoms with E-state index in [1.54, 1.807) is 87.2 Å². The molecular weight excluding hydrogens is 577 g/mol. The average molecular weight is 620 g/mol. The van der Waals surface area contributed by atoms with Crippen molar-refractivity contribution in [2.75, 3.05) is 55.3 Å². The number of urea groups is 1. The van der Waals surface area contributed by atoms with E-state index in [0.29, 0.717) is 54.5 Å². The Bertz CT molecular complexity index is 1450. The van der Waals surface area contributed by atoms with Crippen LogP contribution in [0.25, 0.3) is 0 Å². The van der Waals surface area contributed by atoms with Gasteiger partial charge in [0.1, 0.15) is 11.4 Å². The van der Waals surface area contributed by atoms with Crippen LogP contribution in [-0.2, 0) is 16.0 Å². The van der Waals surface area contributed by atoms with Crippen molar-refractivity contribution in [2.45, 2.75) is 46.3 Å². The Labute approximate surface area is 263 Å². The van der Waals surface area contributed by atoms with Crippen LogP contribution in [0, 0.1) is 12.7 Å². The van der Waals surface area contributed by atoms with Crippen LogP contribution in [-0.4, -0.2) is 72.8 Å². The van der Waals surface area contributed by atoms with Gasteiger partial charge in [0.25, 0.3) is 5.91 Å². The molecule has 1 saturated heterocycles. The smallest absolute Gasteiger partial charge is 0.412 e.